The molecule has 4 heterocycles. The molecule has 0 N–H and O–H groups in total. The zero-order chi connectivity index (χ0) is 61.1. The van der Waals surface area contributed by atoms with Crippen molar-refractivity contribution in [1.82, 2.24) is 4.57 Å². The van der Waals surface area contributed by atoms with Crippen molar-refractivity contribution in [3.8, 4) is 61.3 Å². The minimum Gasteiger partial charge on any atom is -0.366 e. The highest BCUT2D eigenvalue weighted by atomic mass is 15.2. The highest BCUT2D eigenvalue weighted by Crippen LogP contribution is 2.55. The van der Waals surface area contributed by atoms with E-state index in [0.29, 0.717) is 18.0 Å². The van der Waals surface area contributed by atoms with Gasteiger partial charge in [0.1, 0.15) is 0 Å². The minimum atomic E-state index is -0.177. The molecular weight excluding hydrogens is 1100 g/mol. The average Bonchev–Trinajstić information content (AvgIpc) is 0.998. The van der Waals surface area contributed by atoms with E-state index in [-0.39, 0.29) is 12.1 Å². The summed E-state index contributed by atoms with van der Waals surface area (Å²) in [5.41, 5.74) is 28.7. The van der Waals surface area contributed by atoms with Gasteiger partial charge in [-0.1, -0.05) is 264 Å². The molecule has 17 rings (SSSR count). The molecule has 4 unspecified atom stereocenters. The van der Waals surface area contributed by atoms with Gasteiger partial charge in [-0.25, -0.2) is 0 Å². The summed E-state index contributed by atoms with van der Waals surface area (Å²) in [6, 6.07) is 107. The van der Waals surface area contributed by atoms with E-state index >= 15 is 0 Å². The number of hydrogen-bond acceptors (Lipinski definition) is 3. The summed E-state index contributed by atoms with van der Waals surface area (Å²) in [6.45, 7) is 11.7. The van der Waals surface area contributed by atoms with Crippen molar-refractivity contribution in [3.05, 3.63) is 285 Å². The first-order valence-electron chi connectivity index (χ1n) is 33.0. The highest BCUT2D eigenvalue weighted by molar-refractivity contribution is 7.00. The summed E-state index contributed by atoms with van der Waals surface area (Å²) in [5.74, 6) is 1.46. The maximum atomic E-state index is 2.85. The first kappa shape index (κ1) is 55.0. The SMILES string of the molecule is CC1CC2CC(C)N(c3ccc4c(c3)N(c3c(-c5ccccc5)cccc3-c3ccccc3)c3cc(-n5c6ccccc6c6ccccc65)cc5c3B4c3cc(-c4ccc(C(C)(C)C)cc4)ccc3N5c3c(-c4ccccc4)cccc3-c3ccccc3)C(C1)C2. The third kappa shape index (κ3) is 9.18. The molecule has 0 radical (unpaired) electrons. The fourth-order valence-electron chi connectivity index (χ4n) is 16.8. The van der Waals surface area contributed by atoms with Gasteiger partial charge in [-0.15, -0.1) is 0 Å². The Morgan fingerprint density at radius 3 is 1.35 bits per heavy atom. The number of aromatic nitrogens is 1. The van der Waals surface area contributed by atoms with Crippen molar-refractivity contribution in [1.29, 1.82) is 0 Å². The molecule has 5 heteroatoms. The van der Waals surface area contributed by atoms with Crippen LogP contribution in [-0.2, 0) is 5.41 Å². The molecule has 91 heavy (non-hydrogen) atoms. The van der Waals surface area contributed by atoms with Gasteiger partial charge in [0.15, 0.2) is 0 Å². The van der Waals surface area contributed by atoms with Crippen LogP contribution in [0.25, 0.3) is 83.1 Å². The lowest BCUT2D eigenvalue weighted by Gasteiger charge is -2.51. The van der Waals surface area contributed by atoms with Gasteiger partial charge < -0.3 is 19.3 Å². The van der Waals surface area contributed by atoms with E-state index in [4.69, 9.17) is 0 Å². The normalized spacial score (nSPS) is 17.5. The smallest absolute Gasteiger partial charge is 0.252 e. The lowest BCUT2D eigenvalue weighted by Crippen LogP contribution is -2.61. The predicted molar refractivity (Wildman–Crippen MR) is 388 cm³/mol. The summed E-state index contributed by atoms with van der Waals surface area (Å²) in [5, 5.41) is 2.46. The first-order chi connectivity index (χ1) is 44.6. The van der Waals surface area contributed by atoms with E-state index in [1.807, 2.05) is 0 Å². The predicted octanol–water partition coefficient (Wildman–Crippen LogP) is 20.9. The molecule has 440 valence electrons. The van der Waals surface area contributed by atoms with Crippen LogP contribution in [0.1, 0.15) is 65.9 Å². The van der Waals surface area contributed by atoms with Crippen LogP contribution in [0.2, 0.25) is 0 Å². The fraction of sp³-hybridized carbons (Fsp3) is 0.163. The van der Waals surface area contributed by atoms with Gasteiger partial charge in [0.05, 0.1) is 28.1 Å². The molecule has 1 aliphatic carbocycles. The lowest BCUT2D eigenvalue weighted by molar-refractivity contribution is 0.179. The molecule has 1 saturated carbocycles. The minimum absolute atomic E-state index is 0.0225. The first-order valence-corrected chi connectivity index (χ1v) is 33.0. The van der Waals surface area contributed by atoms with Crippen LogP contribution in [0.5, 0.6) is 0 Å². The van der Waals surface area contributed by atoms with Gasteiger partial charge in [-0.2, -0.15) is 0 Å². The second kappa shape index (κ2) is 21.8. The van der Waals surface area contributed by atoms with Crippen molar-refractivity contribution >= 4 is 84.7 Å². The number of para-hydroxylation sites is 4. The third-order valence-electron chi connectivity index (χ3n) is 20.7. The number of fused-ring (bicyclic) bond motifs is 9. The van der Waals surface area contributed by atoms with Crippen molar-refractivity contribution in [3.63, 3.8) is 0 Å². The van der Waals surface area contributed by atoms with Crippen molar-refractivity contribution in [2.75, 3.05) is 14.7 Å². The standard InChI is InChI=1S/C86H73BN4/c1-56-48-58-50-57(2)88(67(49-56)51-58)66-45-46-75-80(53-66)91(85-71(62-28-14-8-15-29-62)36-23-37-72(85)63-30-16-9-17-31-63)82-55-68(89-77-38-20-18-32-73(77)74-33-19-21-39-78(74)89)54-81-83(82)87(75)76-52-64(59-40-43-65(44-41-59)86(3,4)5)42-47-79(76)90(81)84-69(60-24-10-6-11-25-60)34-22-35-70(84)61-26-12-7-13-27-61/h6-47,52-58,67H,48-51H2,1-5H3. The van der Waals surface area contributed by atoms with Crippen LogP contribution in [-0.4, -0.2) is 23.4 Å². The lowest BCUT2D eigenvalue weighted by atomic mass is 9.33. The number of nitrogens with zero attached hydrogens (tertiary/aromatic N) is 4. The molecule has 0 spiro atoms. The molecule has 1 aromatic heterocycles. The van der Waals surface area contributed by atoms with Gasteiger partial charge >= 0.3 is 0 Å². The number of rotatable bonds is 9. The van der Waals surface area contributed by atoms with Gasteiger partial charge in [-0.3, -0.25) is 0 Å². The zero-order valence-corrected chi connectivity index (χ0v) is 52.6. The van der Waals surface area contributed by atoms with Crippen molar-refractivity contribution in [2.24, 2.45) is 11.8 Å². The Morgan fingerprint density at radius 1 is 0.363 bits per heavy atom. The van der Waals surface area contributed by atoms with Gasteiger partial charge in [-0.05, 0) is 148 Å². The Labute approximate surface area is 536 Å². The Morgan fingerprint density at radius 2 is 0.835 bits per heavy atom. The molecule has 3 aliphatic heterocycles. The maximum Gasteiger partial charge on any atom is 0.252 e. The van der Waals surface area contributed by atoms with E-state index in [9.17, 15) is 0 Å². The second-order valence-electron chi connectivity index (χ2n) is 27.4. The zero-order valence-electron chi connectivity index (χ0n) is 52.6. The summed E-state index contributed by atoms with van der Waals surface area (Å²) in [6.07, 6.45) is 5.01. The van der Waals surface area contributed by atoms with Gasteiger partial charge in [0.2, 0.25) is 0 Å². The Balaban J connectivity index is 1.05. The molecule has 13 aromatic rings. The Hall–Kier alpha value is -10.1. The van der Waals surface area contributed by atoms with E-state index in [2.05, 4.69) is 333 Å². The summed E-state index contributed by atoms with van der Waals surface area (Å²) >= 11 is 0. The van der Waals surface area contributed by atoms with Crippen LogP contribution >= 0.6 is 0 Å². The van der Waals surface area contributed by atoms with E-state index in [1.165, 1.54) is 120 Å². The van der Waals surface area contributed by atoms with Gasteiger partial charge in [0, 0.05) is 73.5 Å². The fourth-order valence-corrected chi connectivity index (χ4v) is 16.8. The van der Waals surface area contributed by atoms with E-state index in [1.54, 1.807) is 0 Å². The van der Waals surface area contributed by atoms with Crippen molar-refractivity contribution < 1.29 is 0 Å². The molecule has 1 saturated heterocycles. The number of anilines is 7. The molecule has 12 aromatic carbocycles. The molecule has 2 bridgehead atoms. The molecule has 0 amide bonds. The van der Waals surface area contributed by atoms with Crippen molar-refractivity contribution in [2.45, 2.75) is 77.8 Å². The average molecular weight is 1170 g/mol. The van der Waals surface area contributed by atoms with Gasteiger partial charge in [0.25, 0.3) is 6.71 Å². The van der Waals surface area contributed by atoms with Crippen LogP contribution in [0.4, 0.5) is 39.8 Å². The molecular formula is C86H73BN4. The number of benzene rings is 12. The molecule has 4 atom stereocenters. The van der Waals surface area contributed by atoms with Crippen LogP contribution in [0.15, 0.2) is 279 Å². The Bertz CT molecular complexity index is 4760. The van der Waals surface area contributed by atoms with E-state index < -0.39 is 0 Å². The quantitative estimate of drug-likeness (QED) is 0.134. The Kier molecular flexibility index (Phi) is 13.2. The van der Waals surface area contributed by atoms with E-state index in [0.717, 1.165) is 56.6 Å². The number of hydrogen-bond donors (Lipinski definition) is 0. The third-order valence-corrected chi connectivity index (χ3v) is 20.7. The summed E-state index contributed by atoms with van der Waals surface area (Å²) in [7, 11) is 0. The maximum absolute atomic E-state index is 2.85. The largest absolute Gasteiger partial charge is 0.366 e. The van der Waals surface area contributed by atoms with Crippen LogP contribution in [0.3, 0.4) is 0 Å². The monoisotopic (exact) mass is 1170 g/mol. The topological polar surface area (TPSA) is 14.7 Å². The molecule has 2 fully saturated rings. The summed E-state index contributed by atoms with van der Waals surface area (Å²) < 4.78 is 2.55. The number of piperidine rings is 1. The molecule has 4 nitrogen and oxygen atoms in total. The molecule has 4 aliphatic rings. The van der Waals surface area contributed by atoms with Crippen LogP contribution in [0, 0.1) is 11.8 Å². The van der Waals surface area contributed by atoms with Crippen LogP contribution < -0.4 is 31.1 Å². The second-order valence-corrected chi connectivity index (χ2v) is 27.4. The summed E-state index contributed by atoms with van der Waals surface area (Å²) in [4.78, 5) is 8.29. The highest BCUT2D eigenvalue weighted by Gasteiger charge is 2.47.